The maximum atomic E-state index is 13.8. The fourth-order valence-corrected chi connectivity index (χ4v) is 2.44. The highest BCUT2D eigenvalue weighted by molar-refractivity contribution is 5.90. The Labute approximate surface area is 147 Å². The van der Waals surface area contributed by atoms with E-state index in [9.17, 15) is 18.8 Å². The van der Waals surface area contributed by atoms with Crippen LogP contribution in [0.25, 0.3) is 0 Å². The second kappa shape index (κ2) is 9.76. The van der Waals surface area contributed by atoms with Gasteiger partial charge < -0.3 is 15.4 Å². The summed E-state index contributed by atoms with van der Waals surface area (Å²) in [6, 6.07) is 4.21. The summed E-state index contributed by atoms with van der Waals surface area (Å²) in [5.41, 5.74) is 0.301. The largest absolute Gasteiger partial charge is 0.467 e. The summed E-state index contributed by atoms with van der Waals surface area (Å²) in [5, 5.41) is 5.09. The Bertz CT molecular complexity index is 619. The number of halogens is 1. The van der Waals surface area contributed by atoms with E-state index in [0.717, 1.165) is 0 Å². The molecular formula is C18H25FN2O4. The standard InChI is InChI=1S/C18H25FN2O4/c1-11(2)9-16(18(24)25-4)21-17(23)15(20-12(3)22)10-13-7-5-6-8-14(13)19/h5-8,11,15-16H,9-10H2,1-4H3,(H,20,22)(H,21,23)/t15-,16-/m0/s1. The molecule has 2 atom stereocenters. The fraction of sp³-hybridized carbons (Fsp3) is 0.500. The van der Waals surface area contributed by atoms with Crippen molar-refractivity contribution >= 4 is 17.8 Å². The van der Waals surface area contributed by atoms with Gasteiger partial charge in [-0.15, -0.1) is 0 Å². The van der Waals surface area contributed by atoms with Crippen LogP contribution in [0, 0.1) is 11.7 Å². The monoisotopic (exact) mass is 352 g/mol. The van der Waals surface area contributed by atoms with Gasteiger partial charge in [0.1, 0.15) is 17.9 Å². The lowest BCUT2D eigenvalue weighted by atomic mass is 10.0. The highest BCUT2D eigenvalue weighted by Crippen LogP contribution is 2.11. The van der Waals surface area contributed by atoms with Crippen molar-refractivity contribution < 1.29 is 23.5 Å². The summed E-state index contributed by atoms with van der Waals surface area (Å²) in [6.07, 6.45) is 0.374. The molecule has 2 amide bonds. The van der Waals surface area contributed by atoms with Gasteiger partial charge in [0.05, 0.1) is 7.11 Å². The number of esters is 1. The number of benzene rings is 1. The third kappa shape index (κ3) is 6.91. The minimum Gasteiger partial charge on any atom is -0.467 e. The molecule has 0 saturated heterocycles. The number of methoxy groups -OCH3 is 1. The number of nitrogens with one attached hydrogen (secondary N) is 2. The third-order valence-electron chi connectivity index (χ3n) is 3.59. The lowest BCUT2D eigenvalue weighted by Gasteiger charge is -2.23. The van der Waals surface area contributed by atoms with Crippen LogP contribution in [-0.4, -0.2) is 37.0 Å². The average molecular weight is 352 g/mol. The van der Waals surface area contributed by atoms with Crippen LogP contribution in [0.2, 0.25) is 0 Å². The van der Waals surface area contributed by atoms with E-state index < -0.39 is 35.7 Å². The maximum Gasteiger partial charge on any atom is 0.328 e. The Hall–Kier alpha value is -2.44. The fourth-order valence-electron chi connectivity index (χ4n) is 2.44. The molecule has 0 aliphatic heterocycles. The molecule has 2 N–H and O–H groups in total. The summed E-state index contributed by atoms with van der Waals surface area (Å²) in [6.45, 7) is 5.09. The van der Waals surface area contributed by atoms with Crippen LogP contribution in [0.5, 0.6) is 0 Å². The van der Waals surface area contributed by atoms with E-state index in [1.807, 2.05) is 13.8 Å². The highest BCUT2D eigenvalue weighted by Gasteiger charge is 2.28. The average Bonchev–Trinajstić information content (AvgIpc) is 2.53. The molecule has 1 aromatic rings. The van der Waals surface area contributed by atoms with Gasteiger partial charge in [-0.2, -0.15) is 0 Å². The summed E-state index contributed by atoms with van der Waals surface area (Å²) in [4.78, 5) is 35.8. The van der Waals surface area contributed by atoms with Crippen molar-refractivity contribution in [2.24, 2.45) is 5.92 Å². The summed E-state index contributed by atoms with van der Waals surface area (Å²) in [5.74, 6) is -1.86. The van der Waals surface area contributed by atoms with Crippen molar-refractivity contribution in [2.75, 3.05) is 7.11 Å². The zero-order valence-corrected chi connectivity index (χ0v) is 15.0. The number of hydrogen-bond acceptors (Lipinski definition) is 4. The molecule has 0 unspecified atom stereocenters. The number of ether oxygens (including phenoxy) is 1. The lowest BCUT2D eigenvalue weighted by Crippen LogP contribution is -2.52. The van der Waals surface area contributed by atoms with Gasteiger partial charge in [0.2, 0.25) is 11.8 Å². The minimum absolute atomic E-state index is 0.0202. The van der Waals surface area contributed by atoms with Gasteiger partial charge in [0.15, 0.2) is 0 Å². The van der Waals surface area contributed by atoms with Crippen LogP contribution in [0.15, 0.2) is 24.3 Å². The van der Waals surface area contributed by atoms with Crippen molar-refractivity contribution in [1.82, 2.24) is 10.6 Å². The van der Waals surface area contributed by atoms with E-state index in [-0.39, 0.29) is 12.3 Å². The molecule has 6 nitrogen and oxygen atoms in total. The number of amides is 2. The number of rotatable bonds is 8. The van der Waals surface area contributed by atoms with Crippen LogP contribution >= 0.6 is 0 Å². The summed E-state index contributed by atoms with van der Waals surface area (Å²) >= 11 is 0. The van der Waals surface area contributed by atoms with Crippen molar-refractivity contribution in [2.45, 2.75) is 45.7 Å². The Kier molecular flexibility index (Phi) is 8.04. The molecule has 0 fully saturated rings. The first-order chi connectivity index (χ1) is 11.7. The van der Waals surface area contributed by atoms with E-state index in [1.165, 1.54) is 20.1 Å². The van der Waals surface area contributed by atoms with E-state index in [1.54, 1.807) is 18.2 Å². The van der Waals surface area contributed by atoms with Crippen molar-refractivity contribution in [3.05, 3.63) is 35.6 Å². The van der Waals surface area contributed by atoms with Gasteiger partial charge >= 0.3 is 5.97 Å². The Balaban J connectivity index is 2.93. The molecule has 0 saturated carbocycles. The van der Waals surface area contributed by atoms with Gasteiger partial charge in [-0.25, -0.2) is 9.18 Å². The predicted molar refractivity (Wildman–Crippen MR) is 91.1 cm³/mol. The predicted octanol–water partition coefficient (Wildman–Crippen LogP) is 1.58. The van der Waals surface area contributed by atoms with E-state index in [4.69, 9.17) is 4.74 Å². The third-order valence-corrected chi connectivity index (χ3v) is 3.59. The molecule has 0 aliphatic rings. The summed E-state index contributed by atoms with van der Waals surface area (Å²) in [7, 11) is 1.24. The number of carbonyl (C=O) groups is 3. The normalized spacial score (nSPS) is 13.0. The number of carbonyl (C=O) groups excluding carboxylic acids is 3. The van der Waals surface area contributed by atoms with Gasteiger partial charge in [-0.3, -0.25) is 9.59 Å². The van der Waals surface area contributed by atoms with Gasteiger partial charge in [-0.1, -0.05) is 32.0 Å². The van der Waals surface area contributed by atoms with Gasteiger partial charge in [-0.05, 0) is 24.0 Å². The zero-order valence-electron chi connectivity index (χ0n) is 15.0. The van der Waals surface area contributed by atoms with E-state index >= 15 is 0 Å². The second-order valence-corrected chi connectivity index (χ2v) is 6.26. The molecular weight excluding hydrogens is 327 g/mol. The van der Waals surface area contributed by atoms with Crippen molar-refractivity contribution in [1.29, 1.82) is 0 Å². The smallest absolute Gasteiger partial charge is 0.328 e. The van der Waals surface area contributed by atoms with Crippen molar-refractivity contribution in [3.63, 3.8) is 0 Å². The first-order valence-electron chi connectivity index (χ1n) is 8.13. The maximum absolute atomic E-state index is 13.8. The summed E-state index contributed by atoms with van der Waals surface area (Å²) < 4.78 is 18.6. The number of hydrogen-bond donors (Lipinski definition) is 2. The Morgan fingerprint density at radius 3 is 2.28 bits per heavy atom. The highest BCUT2D eigenvalue weighted by atomic mass is 19.1. The first kappa shape index (κ1) is 20.6. The molecule has 0 heterocycles. The Morgan fingerprint density at radius 1 is 1.12 bits per heavy atom. The molecule has 0 aromatic heterocycles. The zero-order chi connectivity index (χ0) is 19.0. The SMILES string of the molecule is COC(=O)[C@H](CC(C)C)NC(=O)[C@H](Cc1ccccc1F)NC(C)=O. The quantitative estimate of drug-likeness (QED) is 0.696. The molecule has 1 aromatic carbocycles. The van der Waals surface area contributed by atoms with Gasteiger partial charge in [0.25, 0.3) is 0 Å². The second-order valence-electron chi connectivity index (χ2n) is 6.26. The molecule has 0 aliphatic carbocycles. The molecule has 0 bridgehead atoms. The minimum atomic E-state index is -0.992. The molecule has 0 radical (unpaired) electrons. The molecule has 7 heteroatoms. The Morgan fingerprint density at radius 2 is 1.76 bits per heavy atom. The van der Waals surface area contributed by atoms with Crippen LogP contribution < -0.4 is 10.6 Å². The topological polar surface area (TPSA) is 84.5 Å². The van der Waals surface area contributed by atoms with Crippen LogP contribution in [-0.2, 0) is 25.5 Å². The van der Waals surface area contributed by atoms with E-state index in [2.05, 4.69) is 10.6 Å². The van der Waals surface area contributed by atoms with Crippen LogP contribution in [0.3, 0.4) is 0 Å². The van der Waals surface area contributed by atoms with Crippen molar-refractivity contribution in [3.8, 4) is 0 Å². The molecule has 138 valence electrons. The molecule has 1 rings (SSSR count). The molecule has 25 heavy (non-hydrogen) atoms. The van der Waals surface area contributed by atoms with Crippen LogP contribution in [0.1, 0.15) is 32.8 Å². The van der Waals surface area contributed by atoms with E-state index in [0.29, 0.717) is 12.0 Å². The van der Waals surface area contributed by atoms with Crippen LogP contribution in [0.4, 0.5) is 4.39 Å². The first-order valence-corrected chi connectivity index (χ1v) is 8.13. The lowest BCUT2D eigenvalue weighted by molar-refractivity contribution is -0.145. The van der Waals surface area contributed by atoms with Gasteiger partial charge in [0, 0.05) is 13.3 Å². The molecule has 0 spiro atoms.